The van der Waals surface area contributed by atoms with Gasteiger partial charge >= 0.3 is 0 Å². The van der Waals surface area contributed by atoms with Gasteiger partial charge in [-0.25, -0.2) is 0 Å². The van der Waals surface area contributed by atoms with Gasteiger partial charge in [-0.05, 0) is 49.1 Å². The zero-order chi connectivity index (χ0) is 13.5. The summed E-state index contributed by atoms with van der Waals surface area (Å²) in [6.45, 7) is 5.40. The summed E-state index contributed by atoms with van der Waals surface area (Å²) in [6.07, 6.45) is 5.95. The summed E-state index contributed by atoms with van der Waals surface area (Å²) in [5.41, 5.74) is 4.02. The highest BCUT2D eigenvalue weighted by molar-refractivity contribution is 5.28. The fraction of sp³-hybridized carbons (Fsp3) is 0.353. The second-order valence-corrected chi connectivity index (χ2v) is 4.92. The Morgan fingerprint density at radius 2 is 2.00 bits per heavy atom. The molecule has 2 aromatic rings. The number of hydrogen-bond donors (Lipinski definition) is 1. The highest BCUT2D eigenvalue weighted by Gasteiger charge is 2.12. The molecule has 0 fully saturated rings. The lowest BCUT2D eigenvalue weighted by atomic mass is 9.97. The number of nitrogens with one attached hydrogen (secondary N) is 1. The highest BCUT2D eigenvalue weighted by Crippen LogP contribution is 2.19. The Morgan fingerprint density at radius 1 is 1.16 bits per heavy atom. The standard InChI is InChI=1S/C17H22N2/c1-3-10-19-17(16-9-6-11-18-13-16)12-15-8-5-4-7-14(15)2/h4-9,11,13,17,19H,3,10,12H2,1-2H3. The first-order valence-electron chi connectivity index (χ1n) is 6.99. The van der Waals surface area contributed by atoms with Crippen LogP contribution in [-0.2, 0) is 6.42 Å². The van der Waals surface area contributed by atoms with Crippen molar-refractivity contribution < 1.29 is 0 Å². The molecule has 0 saturated carbocycles. The first kappa shape index (κ1) is 13.8. The topological polar surface area (TPSA) is 24.9 Å². The van der Waals surface area contributed by atoms with Crippen molar-refractivity contribution in [3.63, 3.8) is 0 Å². The minimum Gasteiger partial charge on any atom is -0.310 e. The normalized spacial score (nSPS) is 12.3. The van der Waals surface area contributed by atoms with Crippen molar-refractivity contribution in [2.24, 2.45) is 0 Å². The van der Waals surface area contributed by atoms with Crippen LogP contribution in [0.25, 0.3) is 0 Å². The molecule has 100 valence electrons. The van der Waals surface area contributed by atoms with E-state index in [1.807, 2.05) is 18.5 Å². The molecule has 1 unspecified atom stereocenters. The summed E-state index contributed by atoms with van der Waals surface area (Å²) in [7, 11) is 0. The molecule has 1 N–H and O–H groups in total. The van der Waals surface area contributed by atoms with Crippen molar-refractivity contribution in [2.75, 3.05) is 6.54 Å². The zero-order valence-electron chi connectivity index (χ0n) is 11.8. The fourth-order valence-corrected chi connectivity index (χ4v) is 2.27. The van der Waals surface area contributed by atoms with Crippen molar-refractivity contribution in [1.82, 2.24) is 10.3 Å². The Bertz CT molecular complexity index is 494. The molecule has 0 radical (unpaired) electrons. The fourth-order valence-electron chi connectivity index (χ4n) is 2.27. The van der Waals surface area contributed by atoms with E-state index in [9.17, 15) is 0 Å². The number of benzene rings is 1. The first-order chi connectivity index (χ1) is 9.31. The van der Waals surface area contributed by atoms with E-state index >= 15 is 0 Å². The van der Waals surface area contributed by atoms with Crippen LogP contribution >= 0.6 is 0 Å². The largest absolute Gasteiger partial charge is 0.310 e. The maximum absolute atomic E-state index is 4.24. The Labute approximate surface area is 115 Å². The van der Waals surface area contributed by atoms with Crippen LogP contribution in [-0.4, -0.2) is 11.5 Å². The van der Waals surface area contributed by atoms with Gasteiger partial charge in [0.2, 0.25) is 0 Å². The van der Waals surface area contributed by atoms with Gasteiger partial charge in [0.1, 0.15) is 0 Å². The van der Waals surface area contributed by atoms with Gasteiger partial charge in [0.05, 0.1) is 0 Å². The summed E-state index contributed by atoms with van der Waals surface area (Å²) < 4.78 is 0. The van der Waals surface area contributed by atoms with Crippen molar-refractivity contribution in [3.05, 3.63) is 65.5 Å². The van der Waals surface area contributed by atoms with E-state index in [4.69, 9.17) is 0 Å². The summed E-state index contributed by atoms with van der Waals surface area (Å²) in [5, 5.41) is 3.62. The molecule has 19 heavy (non-hydrogen) atoms. The van der Waals surface area contributed by atoms with Crippen molar-refractivity contribution in [1.29, 1.82) is 0 Å². The number of pyridine rings is 1. The molecule has 2 nitrogen and oxygen atoms in total. The predicted octanol–water partition coefficient (Wildman–Crippen LogP) is 3.67. The zero-order valence-corrected chi connectivity index (χ0v) is 11.8. The van der Waals surface area contributed by atoms with Gasteiger partial charge in [-0.15, -0.1) is 0 Å². The van der Waals surface area contributed by atoms with Crippen LogP contribution in [0.2, 0.25) is 0 Å². The quantitative estimate of drug-likeness (QED) is 0.850. The molecule has 0 amide bonds. The molecule has 2 rings (SSSR count). The average Bonchev–Trinajstić information content (AvgIpc) is 2.46. The van der Waals surface area contributed by atoms with Gasteiger partial charge in [-0.2, -0.15) is 0 Å². The van der Waals surface area contributed by atoms with Gasteiger partial charge in [-0.1, -0.05) is 37.3 Å². The highest BCUT2D eigenvalue weighted by atomic mass is 14.9. The third-order valence-corrected chi connectivity index (χ3v) is 3.41. The van der Waals surface area contributed by atoms with Crippen LogP contribution < -0.4 is 5.32 Å². The molecule has 1 aromatic carbocycles. The number of nitrogens with zero attached hydrogens (tertiary/aromatic N) is 1. The van der Waals surface area contributed by atoms with E-state index in [0.717, 1.165) is 19.4 Å². The van der Waals surface area contributed by atoms with Crippen LogP contribution in [0.5, 0.6) is 0 Å². The van der Waals surface area contributed by atoms with Crippen LogP contribution in [0.15, 0.2) is 48.8 Å². The van der Waals surface area contributed by atoms with Crippen LogP contribution in [0, 0.1) is 6.92 Å². The molecular formula is C17H22N2. The number of aromatic nitrogens is 1. The Kier molecular flexibility index (Phi) is 5.10. The van der Waals surface area contributed by atoms with E-state index in [1.54, 1.807) is 0 Å². The first-order valence-corrected chi connectivity index (χ1v) is 6.99. The minimum atomic E-state index is 0.342. The van der Waals surface area contributed by atoms with Gasteiger partial charge in [0, 0.05) is 18.4 Å². The molecule has 1 atom stereocenters. The molecule has 0 bridgehead atoms. The van der Waals surface area contributed by atoms with E-state index in [2.05, 4.69) is 54.5 Å². The second kappa shape index (κ2) is 7.05. The lowest BCUT2D eigenvalue weighted by Gasteiger charge is -2.19. The third kappa shape index (κ3) is 3.90. The smallest absolute Gasteiger partial charge is 0.0376 e. The predicted molar refractivity (Wildman–Crippen MR) is 80.2 cm³/mol. The van der Waals surface area contributed by atoms with Gasteiger partial charge in [0.25, 0.3) is 0 Å². The van der Waals surface area contributed by atoms with Crippen LogP contribution in [0.4, 0.5) is 0 Å². The Morgan fingerprint density at radius 3 is 2.68 bits per heavy atom. The number of rotatable bonds is 6. The average molecular weight is 254 g/mol. The molecule has 1 aromatic heterocycles. The molecular weight excluding hydrogens is 232 g/mol. The van der Waals surface area contributed by atoms with Crippen molar-refractivity contribution in [2.45, 2.75) is 32.7 Å². The Balaban J connectivity index is 2.17. The molecule has 0 aliphatic heterocycles. The summed E-state index contributed by atoms with van der Waals surface area (Å²) >= 11 is 0. The Hall–Kier alpha value is -1.67. The maximum atomic E-state index is 4.24. The lowest BCUT2D eigenvalue weighted by molar-refractivity contribution is 0.527. The van der Waals surface area contributed by atoms with E-state index in [0.29, 0.717) is 6.04 Å². The maximum Gasteiger partial charge on any atom is 0.0376 e. The summed E-state index contributed by atoms with van der Waals surface area (Å²) in [5.74, 6) is 0. The minimum absolute atomic E-state index is 0.342. The number of aryl methyl sites for hydroxylation is 1. The van der Waals surface area contributed by atoms with Crippen LogP contribution in [0.1, 0.15) is 36.1 Å². The summed E-state index contributed by atoms with van der Waals surface area (Å²) in [4.78, 5) is 4.24. The molecule has 0 aliphatic rings. The van der Waals surface area contributed by atoms with E-state index in [-0.39, 0.29) is 0 Å². The lowest BCUT2D eigenvalue weighted by Crippen LogP contribution is -2.24. The monoisotopic (exact) mass is 254 g/mol. The second-order valence-electron chi connectivity index (χ2n) is 4.92. The van der Waals surface area contributed by atoms with E-state index in [1.165, 1.54) is 16.7 Å². The molecule has 0 saturated heterocycles. The van der Waals surface area contributed by atoms with Gasteiger partial charge in [0.15, 0.2) is 0 Å². The third-order valence-electron chi connectivity index (χ3n) is 3.41. The summed E-state index contributed by atoms with van der Waals surface area (Å²) in [6, 6.07) is 13.1. The molecule has 0 aliphatic carbocycles. The van der Waals surface area contributed by atoms with Crippen LogP contribution in [0.3, 0.4) is 0 Å². The molecule has 1 heterocycles. The van der Waals surface area contributed by atoms with E-state index < -0.39 is 0 Å². The van der Waals surface area contributed by atoms with Gasteiger partial charge < -0.3 is 5.32 Å². The van der Waals surface area contributed by atoms with Crippen molar-refractivity contribution in [3.8, 4) is 0 Å². The van der Waals surface area contributed by atoms with Gasteiger partial charge in [-0.3, -0.25) is 4.98 Å². The number of hydrogen-bond acceptors (Lipinski definition) is 2. The van der Waals surface area contributed by atoms with Crippen molar-refractivity contribution >= 4 is 0 Å². The molecule has 0 spiro atoms. The molecule has 2 heteroatoms. The SMILES string of the molecule is CCCNC(Cc1ccccc1C)c1cccnc1.